The summed E-state index contributed by atoms with van der Waals surface area (Å²) in [6.45, 7) is 7.89. The molecule has 1 aromatic heterocycles. The fourth-order valence-electron chi connectivity index (χ4n) is 3.15. The van der Waals surface area contributed by atoms with Crippen molar-refractivity contribution >= 4 is 38.5 Å². The van der Waals surface area contributed by atoms with E-state index < -0.39 is 6.04 Å². The van der Waals surface area contributed by atoms with E-state index in [9.17, 15) is 9.59 Å². The number of hydrogen-bond acceptors (Lipinski definition) is 4. The van der Waals surface area contributed by atoms with Crippen LogP contribution in [0.15, 0.2) is 42.5 Å². The second kappa shape index (κ2) is 8.52. The molecule has 1 atom stereocenters. The van der Waals surface area contributed by atoms with Crippen LogP contribution in [-0.4, -0.2) is 22.8 Å². The molecular weight excluding hydrogens is 370 g/mol. The molecule has 0 aliphatic heterocycles. The van der Waals surface area contributed by atoms with Crippen LogP contribution in [0.3, 0.4) is 0 Å². The highest BCUT2D eigenvalue weighted by molar-refractivity contribution is 7.22. The molecule has 2 N–H and O–H groups in total. The first-order valence-corrected chi connectivity index (χ1v) is 10.2. The van der Waals surface area contributed by atoms with Crippen LogP contribution in [0.2, 0.25) is 0 Å². The van der Waals surface area contributed by atoms with Crippen molar-refractivity contribution in [1.29, 1.82) is 0 Å². The van der Waals surface area contributed by atoms with Gasteiger partial charge >= 0.3 is 0 Å². The van der Waals surface area contributed by atoms with Crippen molar-refractivity contribution in [3.05, 3.63) is 59.2 Å². The molecule has 2 aromatic carbocycles. The highest BCUT2D eigenvalue weighted by Gasteiger charge is 2.25. The van der Waals surface area contributed by atoms with Crippen LogP contribution in [0.4, 0.5) is 5.13 Å². The fourth-order valence-corrected chi connectivity index (χ4v) is 4.19. The topological polar surface area (TPSA) is 71.1 Å². The minimum Gasteiger partial charge on any atom is -0.344 e. The van der Waals surface area contributed by atoms with E-state index in [1.54, 1.807) is 0 Å². The average Bonchev–Trinajstić information content (AvgIpc) is 3.02. The SMILES string of the molecule is Cc1cc(C)c2nc(NC(=O)[C@@H](NC(=O)Cc3ccccc3)C(C)C)sc2c1. The van der Waals surface area contributed by atoms with E-state index in [0.717, 1.165) is 21.3 Å². The Morgan fingerprint density at radius 2 is 1.82 bits per heavy atom. The average molecular weight is 396 g/mol. The summed E-state index contributed by atoms with van der Waals surface area (Å²) >= 11 is 1.45. The number of amides is 2. The molecule has 0 radical (unpaired) electrons. The summed E-state index contributed by atoms with van der Waals surface area (Å²) in [4.78, 5) is 29.8. The number of thiazole rings is 1. The third kappa shape index (κ3) is 4.75. The highest BCUT2D eigenvalue weighted by atomic mass is 32.1. The Morgan fingerprint density at radius 3 is 2.50 bits per heavy atom. The third-order valence-electron chi connectivity index (χ3n) is 4.53. The lowest BCUT2D eigenvalue weighted by molar-refractivity contribution is -0.127. The van der Waals surface area contributed by atoms with Crippen LogP contribution in [0, 0.1) is 19.8 Å². The van der Waals surface area contributed by atoms with Gasteiger partial charge in [0.2, 0.25) is 11.8 Å². The molecule has 0 aliphatic carbocycles. The van der Waals surface area contributed by atoms with Gasteiger partial charge in [-0.3, -0.25) is 9.59 Å². The van der Waals surface area contributed by atoms with Gasteiger partial charge in [-0.25, -0.2) is 4.98 Å². The van der Waals surface area contributed by atoms with E-state index in [0.29, 0.717) is 5.13 Å². The van der Waals surface area contributed by atoms with Gasteiger partial charge in [-0.05, 0) is 42.5 Å². The van der Waals surface area contributed by atoms with Crippen molar-refractivity contribution in [1.82, 2.24) is 10.3 Å². The normalized spacial score (nSPS) is 12.2. The van der Waals surface area contributed by atoms with Gasteiger partial charge in [-0.15, -0.1) is 0 Å². The number of aromatic nitrogens is 1. The van der Waals surface area contributed by atoms with Crippen molar-refractivity contribution in [2.24, 2.45) is 5.92 Å². The van der Waals surface area contributed by atoms with Crippen molar-refractivity contribution in [2.45, 2.75) is 40.2 Å². The number of benzene rings is 2. The number of nitrogens with one attached hydrogen (secondary N) is 2. The van der Waals surface area contributed by atoms with Crippen LogP contribution in [-0.2, 0) is 16.0 Å². The number of fused-ring (bicyclic) bond motifs is 1. The Hall–Kier alpha value is -2.73. The molecule has 0 unspecified atom stereocenters. The first kappa shape index (κ1) is 20.0. The number of hydrogen-bond donors (Lipinski definition) is 2. The lowest BCUT2D eigenvalue weighted by Crippen LogP contribution is -2.47. The van der Waals surface area contributed by atoms with Gasteiger partial charge in [0, 0.05) is 0 Å². The fraction of sp³-hybridized carbons (Fsp3) is 0.318. The van der Waals surface area contributed by atoms with Gasteiger partial charge in [0.1, 0.15) is 6.04 Å². The molecule has 146 valence electrons. The monoisotopic (exact) mass is 395 g/mol. The van der Waals surface area contributed by atoms with Crippen LogP contribution < -0.4 is 10.6 Å². The molecule has 0 bridgehead atoms. The quantitative estimate of drug-likeness (QED) is 0.656. The Balaban J connectivity index is 1.71. The van der Waals surface area contributed by atoms with E-state index in [4.69, 9.17) is 0 Å². The summed E-state index contributed by atoms with van der Waals surface area (Å²) < 4.78 is 1.04. The molecule has 0 aliphatic rings. The predicted molar refractivity (Wildman–Crippen MR) is 115 cm³/mol. The summed E-state index contributed by atoms with van der Waals surface area (Å²) in [5.41, 5.74) is 4.07. The number of anilines is 1. The van der Waals surface area contributed by atoms with Crippen molar-refractivity contribution in [3.63, 3.8) is 0 Å². The minimum atomic E-state index is -0.619. The van der Waals surface area contributed by atoms with Crippen LogP contribution in [0.25, 0.3) is 10.2 Å². The zero-order chi connectivity index (χ0) is 20.3. The summed E-state index contributed by atoms with van der Waals surface area (Å²) in [5.74, 6) is -0.459. The van der Waals surface area contributed by atoms with E-state index in [2.05, 4.69) is 27.8 Å². The predicted octanol–water partition coefficient (Wildman–Crippen LogP) is 4.24. The molecule has 0 spiro atoms. The van der Waals surface area contributed by atoms with Gasteiger partial charge in [-0.1, -0.05) is 61.6 Å². The summed E-state index contributed by atoms with van der Waals surface area (Å²) in [6, 6.07) is 13.0. The first-order chi connectivity index (χ1) is 13.3. The van der Waals surface area contributed by atoms with E-state index in [1.165, 1.54) is 16.9 Å². The van der Waals surface area contributed by atoms with Crippen LogP contribution in [0.1, 0.15) is 30.5 Å². The summed E-state index contributed by atoms with van der Waals surface area (Å²) in [6.07, 6.45) is 0.247. The standard InChI is InChI=1S/C22H25N3O2S/c1-13(2)19(23-18(26)12-16-8-6-5-7-9-16)21(27)25-22-24-20-15(4)10-14(3)11-17(20)28-22/h5-11,13,19H,12H2,1-4H3,(H,23,26)(H,24,25,27)/t19-/m0/s1. The van der Waals surface area contributed by atoms with E-state index in [1.807, 2.05) is 58.0 Å². The van der Waals surface area contributed by atoms with Crippen molar-refractivity contribution in [2.75, 3.05) is 5.32 Å². The van der Waals surface area contributed by atoms with E-state index >= 15 is 0 Å². The maximum atomic E-state index is 12.8. The molecule has 5 nitrogen and oxygen atoms in total. The molecule has 28 heavy (non-hydrogen) atoms. The van der Waals surface area contributed by atoms with Crippen LogP contribution in [0.5, 0.6) is 0 Å². The molecular formula is C22H25N3O2S. The highest BCUT2D eigenvalue weighted by Crippen LogP contribution is 2.29. The molecule has 0 fully saturated rings. The Kier molecular flexibility index (Phi) is 6.09. The smallest absolute Gasteiger partial charge is 0.248 e. The van der Waals surface area contributed by atoms with Crippen molar-refractivity contribution < 1.29 is 9.59 Å². The number of aryl methyl sites for hydroxylation is 2. The van der Waals surface area contributed by atoms with Gasteiger partial charge in [0.25, 0.3) is 0 Å². The van der Waals surface area contributed by atoms with Gasteiger partial charge in [0.05, 0.1) is 16.6 Å². The zero-order valence-electron chi connectivity index (χ0n) is 16.6. The first-order valence-electron chi connectivity index (χ1n) is 9.35. The van der Waals surface area contributed by atoms with Gasteiger partial charge < -0.3 is 10.6 Å². The van der Waals surface area contributed by atoms with Crippen molar-refractivity contribution in [3.8, 4) is 0 Å². The lowest BCUT2D eigenvalue weighted by Gasteiger charge is -2.21. The number of rotatable bonds is 6. The second-order valence-corrected chi connectivity index (χ2v) is 8.42. The van der Waals surface area contributed by atoms with Gasteiger partial charge in [0.15, 0.2) is 5.13 Å². The van der Waals surface area contributed by atoms with E-state index in [-0.39, 0.29) is 24.2 Å². The second-order valence-electron chi connectivity index (χ2n) is 7.39. The Bertz CT molecular complexity index is 996. The molecule has 0 saturated carbocycles. The maximum Gasteiger partial charge on any atom is 0.248 e. The Morgan fingerprint density at radius 1 is 1.11 bits per heavy atom. The minimum absolute atomic E-state index is 0.0434. The summed E-state index contributed by atoms with van der Waals surface area (Å²) in [5, 5.41) is 6.30. The molecule has 3 aromatic rings. The zero-order valence-corrected chi connectivity index (χ0v) is 17.4. The molecule has 6 heteroatoms. The number of nitrogens with zero attached hydrogens (tertiary/aromatic N) is 1. The number of carbonyl (C=O) groups is 2. The molecule has 3 rings (SSSR count). The van der Waals surface area contributed by atoms with Crippen LogP contribution >= 0.6 is 11.3 Å². The molecule has 2 amide bonds. The largest absolute Gasteiger partial charge is 0.344 e. The van der Waals surface area contributed by atoms with Gasteiger partial charge in [-0.2, -0.15) is 0 Å². The summed E-state index contributed by atoms with van der Waals surface area (Å²) in [7, 11) is 0. The Labute approximate surface area is 169 Å². The molecule has 1 heterocycles. The molecule has 0 saturated heterocycles. The third-order valence-corrected chi connectivity index (χ3v) is 5.45. The number of carbonyl (C=O) groups excluding carboxylic acids is 2. The maximum absolute atomic E-state index is 12.8. The lowest BCUT2D eigenvalue weighted by atomic mass is 10.0.